The molecule has 1 aromatic carbocycles. The Labute approximate surface area is 118 Å². The zero-order valence-electron chi connectivity index (χ0n) is 11.1. The van der Waals surface area contributed by atoms with E-state index in [0.717, 1.165) is 38.2 Å². The van der Waals surface area contributed by atoms with Gasteiger partial charge in [-0.1, -0.05) is 19.3 Å². The van der Waals surface area contributed by atoms with Gasteiger partial charge in [0.25, 0.3) is 0 Å². The van der Waals surface area contributed by atoms with Crippen molar-refractivity contribution in [2.75, 3.05) is 10.5 Å². The summed E-state index contributed by atoms with van der Waals surface area (Å²) in [5.41, 5.74) is 0.0672. The number of nitriles is 1. The molecule has 2 rings (SSSR count). The highest BCUT2D eigenvalue weighted by molar-refractivity contribution is 7.92. The number of sulfonamides is 1. The summed E-state index contributed by atoms with van der Waals surface area (Å²) in [4.78, 5) is 0. The molecule has 0 saturated heterocycles. The molecule has 0 aliphatic heterocycles. The van der Waals surface area contributed by atoms with E-state index in [-0.39, 0.29) is 22.9 Å². The molecule has 0 amide bonds. The molecule has 0 bridgehead atoms. The van der Waals surface area contributed by atoms with Crippen LogP contribution in [0, 0.1) is 23.1 Å². The molecular formula is C14H17FN2O2S. The molecule has 0 spiro atoms. The number of hydrogen-bond donors (Lipinski definition) is 1. The van der Waals surface area contributed by atoms with Gasteiger partial charge in [-0.15, -0.1) is 0 Å². The van der Waals surface area contributed by atoms with Gasteiger partial charge >= 0.3 is 0 Å². The van der Waals surface area contributed by atoms with Crippen LogP contribution in [0.5, 0.6) is 0 Å². The standard InChI is InChI=1S/C14H17FN2O2S/c15-13-8-12(9-16)6-7-14(13)17-20(18,19)10-11-4-2-1-3-5-11/h6-8,11,17H,1-5,10H2. The van der Waals surface area contributed by atoms with Crippen molar-refractivity contribution in [3.63, 3.8) is 0 Å². The molecule has 1 aromatic rings. The first-order valence-corrected chi connectivity index (χ1v) is 8.35. The van der Waals surface area contributed by atoms with Crippen LogP contribution in [-0.4, -0.2) is 14.2 Å². The second-order valence-electron chi connectivity index (χ2n) is 5.19. The molecule has 0 radical (unpaired) electrons. The van der Waals surface area contributed by atoms with Crippen LogP contribution in [-0.2, 0) is 10.0 Å². The predicted molar refractivity (Wildman–Crippen MR) is 75.1 cm³/mol. The lowest BCUT2D eigenvalue weighted by molar-refractivity contribution is 0.385. The lowest BCUT2D eigenvalue weighted by Gasteiger charge is -2.21. The van der Waals surface area contributed by atoms with Gasteiger partial charge in [-0.3, -0.25) is 4.72 Å². The van der Waals surface area contributed by atoms with Gasteiger partial charge < -0.3 is 0 Å². The maximum absolute atomic E-state index is 13.7. The summed E-state index contributed by atoms with van der Waals surface area (Å²) in [6.07, 6.45) is 5.11. The molecule has 1 aliphatic carbocycles. The molecule has 20 heavy (non-hydrogen) atoms. The lowest BCUT2D eigenvalue weighted by Crippen LogP contribution is -2.24. The van der Waals surface area contributed by atoms with E-state index in [4.69, 9.17) is 5.26 Å². The fraction of sp³-hybridized carbons (Fsp3) is 0.500. The maximum Gasteiger partial charge on any atom is 0.233 e. The van der Waals surface area contributed by atoms with E-state index in [1.807, 2.05) is 0 Å². The second-order valence-corrected chi connectivity index (χ2v) is 6.96. The van der Waals surface area contributed by atoms with E-state index in [0.29, 0.717) is 0 Å². The summed E-state index contributed by atoms with van der Waals surface area (Å²) in [7, 11) is -3.55. The van der Waals surface area contributed by atoms with E-state index in [1.165, 1.54) is 12.1 Å². The van der Waals surface area contributed by atoms with Crippen LogP contribution >= 0.6 is 0 Å². The van der Waals surface area contributed by atoms with Gasteiger partial charge in [0, 0.05) is 0 Å². The zero-order valence-corrected chi connectivity index (χ0v) is 11.9. The van der Waals surface area contributed by atoms with Gasteiger partial charge in [-0.05, 0) is 37.0 Å². The average Bonchev–Trinajstić information content (AvgIpc) is 2.41. The monoisotopic (exact) mass is 296 g/mol. The minimum absolute atomic E-state index is 0.0342. The molecule has 0 heterocycles. The molecule has 0 unspecified atom stereocenters. The van der Waals surface area contributed by atoms with Crippen molar-refractivity contribution in [1.29, 1.82) is 5.26 Å². The van der Waals surface area contributed by atoms with Crippen molar-refractivity contribution >= 4 is 15.7 Å². The Morgan fingerprint density at radius 2 is 2.00 bits per heavy atom. The molecule has 1 fully saturated rings. The molecular weight excluding hydrogens is 279 g/mol. The molecule has 0 aromatic heterocycles. The van der Waals surface area contributed by atoms with Crippen molar-refractivity contribution < 1.29 is 12.8 Å². The Bertz CT molecular complexity index is 617. The summed E-state index contributed by atoms with van der Waals surface area (Å²) < 4.78 is 40.0. The fourth-order valence-corrected chi connectivity index (χ4v) is 4.08. The molecule has 108 valence electrons. The van der Waals surface area contributed by atoms with Gasteiger partial charge in [-0.2, -0.15) is 5.26 Å². The summed E-state index contributed by atoms with van der Waals surface area (Å²) >= 11 is 0. The van der Waals surface area contributed by atoms with Gasteiger partial charge in [0.05, 0.1) is 23.1 Å². The number of benzene rings is 1. The van der Waals surface area contributed by atoms with E-state index in [9.17, 15) is 12.8 Å². The zero-order chi connectivity index (χ0) is 14.6. The predicted octanol–water partition coefficient (Wildman–Crippen LogP) is 3.02. The number of nitrogens with one attached hydrogen (secondary N) is 1. The van der Waals surface area contributed by atoms with Gasteiger partial charge in [-0.25, -0.2) is 12.8 Å². The molecule has 1 saturated carbocycles. The van der Waals surface area contributed by atoms with E-state index in [2.05, 4.69) is 4.72 Å². The van der Waals surface area contributed by atoms with Gasteiger partial charge in [0.2, 0.25) is 10.0 Å². The average molecular weight is 296 g/mol. The quantitative estimate of drug-likeness (QED) is 0.928. The number of anilines is 1. The van der Waals surface area contributed by atoms with E-state index >= 15 is 0 Å². The van der Waals surface area contributed by atoms with Crippen molar-refractivity contribution in [3.8, 4) is 6.07 Å². The lowest BCUT2D eigenvalue weighted by atomic mass is 9.91. The third kappa shape index (κ3) is 3.94. The SMILES string of the molecule is N#Cc1ccc(NS(=O)(=O)CC2CCCCC2)c(F)c1. The summed E-state index contributed by atoms with van der Waals surface area (Å²) in [6, 6.07) is 5.51. The molecule has 6 heteroatoms. The first-order chi connectivity index (χ1) is 9.50. The Hall–Kier alpha value is -1.61. The van der Waals surface area contributed by atoms with Crippen LogP contribution < -0.4 is 4.72 Å². The second kappa shape index (κ2) is 6.23. The third-order valence-electron chi connectivity index (χ3n) is 3.54. The Balaban J connectivity index is 2.06. The Morgan fingerprint density at radius 3 is 2.60 bits per heavy atom. The van der Waals surface area contributed by atoms with Crippen LogP contribution in [0.3, 0.4) is 0 Å². The van der Waals surface area contributed by atoms with Crippen LogP contribution in [0.15, 0.2) is 18.2 Å². The van der Waals surface area contributed by atoms with Crippen molar-refractivity contribution in [2.24, 2.45) is 5.92 Å². The van der Waals surface area contributed by atoms with Crippen molar-refractivity contribution in [3.05, 3.63) is 29.6 Å². The highest BCUT2D eigenvalue weighted by Crippen LogP contribution is 2.26. The minimum atomic E-state index is -3.55. The fourth-order valence-electron chi connectivity index (χ4n) is 2.54. The highest BCUT2D eigenvalue weighted by atomic mass is 32.2. The number of rotatable bonds is 4. The van der Waals surface area contributed by atoms with Crippen LogP contribution in [0.4, 0.5) is 10.1 Å². The number of hydrogen-bond acceptors (Lipinski definition) is 3. The molecule has 1 aliphatic rings. The van der Waals surface area contributed by atoms with E-state index < -0.39 is 15.8 Å². The molecule has 0 atom stereocenters. The number of halogens is 1. The van der Waals surface area contributed by atoms with Gasteiger partial charge in [0.1, 0.15) is 5.82 Å². The van der Waals surface area contributed by atoms with Crippen molar-refractivity contribution in [2.45, 2.75) is 32.1 Å². The number of nitrogens with zero attached hydrogens (tertiary/aromatic N) is 1. The normalized spacial score (nSPS) is 16.6. The van der Waals surface area contributed by atoms with Gasteiger partial charge in [0.15, 0.2) is 0 Å². The summed E-state index contributed by atoms with van der Waals surface area (Å²) in [5.74, 6) is -0.536. The molecule has 4 nitrogen and oxygen atoms in total. The van der Waals surface area contributed by atoms with Crippen molar-refractivity contribution in [1.82, 2.24) is 0 Å². The first-order valence-electron chi connectivity index (χ1n) is 6.70. The summed E-state index contributed by atoms with van der Waals surface area (Å²) in [5, 5.41) is 8.65. The maximum atomic E-state index is 13.7. The Morgan fingerprint density at radius 1 is 1.30 bits per heavy atom. The minimum Gasteiger partial charge on any atom is -0.281 e. The first kappa shape index (κ1) is 14.8. The Kier molecular flexibility index (Phi) is 4.61. The summed E-state index contributed by atoms with van der Waals surface area (Å²) in [6.45, 7) is 0. The molecule has 1 N–H and O–H groups in total. The van der Waals surface area contributed by atoms with E-state index in [1.54, 1.807) is 6.07 Å². The topological polar surface area (TPSA) is 70.0 Å². The largest absolute Gasteiger partial charge is 0.281 e. The smallest absolute Gasteiger partial charge is 0.233 e. The van der Waals surface area contributed by atoms with Crippen LogP contribution in [0.25, 0.3) is 0 Å². The van der Waals surface area contributed by atoms with Crippen LogP contribution in [0.2, 0.25) is 0 Å². The van der Waals surface area contributed by atoms with Crippen LogP contribution in [0.1, 0.15) is 37.7 Å². The highest BCUT2D eigenvalue weighted by Gasteiger charge is 2.22. The third-order valence-corrected chi connectivity index (χ3v) is 4.98.